The maximum Gasteiger partial charge on any atom is 0.270 e. The Bertz CT molecular complexity index is 659. The number of aliphatic hydroxyl groups is 1. The number of nitrogens with one attached hydrogen (secondary N) is 1. The molecule has 1 heterocycles. The van der Waals surface area contributed by atoms with Gasteiger partial charge in [-0.05, 0) is 18.2 Å². The van der Waals surface area contributed by atoms with Gasteiger partial charge in [-0.2, -0.15) is 0 Å². The molecule has 1 aromatic heterocycles. The Morgan fingerprint density at radius 1 is 1.30 bits per heavy atom. The van der Waals surface area contributed by atoms with Gasteiger partial charge in [0, 0.05) is 24.2 Å². The zero-order valence-electron chi connectivity index (χ0n) is 12.3. The van der Waals surface area contributed by atoms with Crippen LogP contribution in [0.15, 0.2) is 34.7 Å². The van der Waals surface area contributed by atoms with Gasteiger partial charge in [0.25, 0.3) is 5.69 Å². The third-order valence-corrected chi connectivity index (χ3v) is 3.36. The average molecular weight is 341 g/mol. The number of nitrogens with zero attached hydrogens (tertiary/aromatic N) is 1. The molecule has 0 saturated heterocycles. The first-order valence-electron chi connectivity index (χ1n) is 7.04. The van der Waals surface area contributed by atoms with Crippen molar-refractivity contribution in [3.05, 3.63) is 51.2 Å². The molecule has 2 rings (SSSR count). The van der Waals surface area contributed by atoms with Gasteiger partial charge in [0.1, 0.15) is 11.5 Å². The Kier molecular flexibility index (Phi) is 6.54. The van der Waals surface area contributed by atoms with Gasteiger partial charge in [-0.15, -0.1) is 0 Å². The fourth-order valence-electron chi connectivity index (χ4n) is 1.96. The lowest BCUT2D eigenvalue weighted by atomic mass is 10.1. The Morgan fingerprint density at radius 3 is 2.83 bits per heavy atom. The van der Waals surface area contributed by atoms with Crippen LogP contribution in [0.2, 0.25) is 5.02 Å². The van der Waals surface area contributed by atoms with Gasteiger partial charge in [0.2, 0.25) is 0 Å². The topological polar surface area (TPSA) is 97.8 Å². The molecule has 0 bridgehead atoms. The summed E-state index contributed by atoms with van der Waals surface area (Å²) in [6.07, 6.45) is 0. The molecule has 2 aromatic rings. The molecule has 0 atom stereocenters. The predicted molar refractivity (Wildman–Crippen MR) is 85.4 cm³/mol. The summed E-state index contributed by atoms with van der Waals surface area (Å²) in [6.45, 7) is 1.99. The van der Waals surface area contributed by atoms with Crippen LogP contribution in [0.3, 0.4) is 0 Å². The standard InChI is InChI=1S/C15H17ClN2O5/c16-14-9-11(18(20)21)1-3-13(14)15-4-2-12(23-15)10-17-5-7-22-8-6-19/h1-4,9,17,19H,5-8,10H2. The van der Waals surface area contributed by atoms with Crippen LogP contribution >= 0.6 is 11.6 Å². The monoisotopic (exact) mass is 340 g/mol. The van der Waals surface area contributed by atoms with E-state index in [0.717, 1.165) is 5.76 Å². The van der Waals surface area contributed by atoms with Gasteiger partial charge in [-0.25, -0.2) is 0 Å². The van der Waals surface area contributed by atoms with E-state index in [0.29, 0.717) is 37.6 Å². The molecule has 0 fully saturated rings. The zero-order valence-corrected chi connectivity index (χ0v) is 13.1. The van der Waals surface area contributed by atoms with Crippen molar-refractivity contribution in [3.63, 3.8) is 0 Å². The molecule has 2 N–H and O–H groups in total. The van der Waals surface area contributed by atoms with E-state index in [9.17, 15) is 10.1 Å². The van der Waals surface area contributed by atoms with Crippen molar-refractivity contribution in [1.29, 1.82) is 0 Å². The molecule has 0 aliphatic carbocycles. The van der Waals surface area contributed by atoms with Crippen molar-refractivity contribution >= 4 is 17.3 Å². The van der Waals surface area contributed by atoms with Crippen LogP contribution in [0.1, 0.15) is 5.76 Å². The lowest BCUT2D eigenvalue weighted by Crippen LogP contribution is -2.19. The number of aliphatic hydroxyl groups excluding tert-OH is 1. The normalized spacial score (nSPS) is 10.9. The number of nitro benzene ring substituents is 1. The summed E-state index contributed by atoms with van der Waals surface area (Å²) in [7, 11) is 0. The molecule has 0 saturated carbocycles. The highest BCUT2D eigenvalue weighted by molar-refractivity contribution is 6.33. The molecule has 8 heteroatoms. The van der Waals surface area contributed by atoms with E-state index in [1.54, 1.807) is 12.1 Å². The summed E-state index contributed by atoms with van der Waals surface area (Å²) >= 11 is 6.08. The Morgan fingerprint density at radius 2 is 2.13 bits per heavy atom. The highest BCUT2D eigenvalue weighted by Gasteiger charge is 2.13. The molecular formula is C15H17ClN2O5. The third-order valence-electron chi connectivity index (χ3n) is 3.05. The minimum atomic E-state index is -0.494. The fraction of sp³-hybridized carbons (Fsp3) is 0.333. The number of hydrogen-bond donors (Lipinski definition) is 2. The van der Waals surface area contributed by atoms with Crippen LogP contribution < -0.4 is 5.32 Å². The summed E-state index contributed by atoms with van der Waals surface area (Å²) in [5, 5.41) is 22.7. The minimum Gasteiger partial charge on any atom is -0.460 e. The van der Waals surface area contributed by atoms with E-state index >= 15 is 0 Å². The van der Waals surface area contributed by atoms with E-state index in [-0.39, 0.29) is 17.3 Å². The van der Waals surface area contributed by atoms with Gasteiger partial charge in [0.15, 0.2) is 0 Å². The van der Waals surface area contributed by atoms with Crippen molar-refractivity contribution in [3.8, 4) is 11.3 Å². The summed E-state index contributed by atoms with van der Waals surface area (Å²) in [6, 6.07) is 7.84. The van der Waals surface area contributed by atoms with Gasteiger partial charge < -0.3 is 19.6 Å². The maximum absolute atomic E-state index is 10.7. The SMILES string of the molecule is O=[N+]([O-])c1ccc(-c2ccc(CNCCOCCO)o2)c(Cl)c1. The van der Waals surface area contributed by atoms with Crippen LogP contribution in [-0.4, -0.2) is 36.4 Å². The number of benzene rings is 1. The second kappa shape index (κ2) is 8.64. The van der Waals surface area contributed by atoms with Crippen molar-refractivity contribution < 1.29 is 19.2 Å². The van der Waals surface area contributed by atoms with Crippen molar-refractivity contribution in [2.45, 2.75) is 6.54 Å². The van der Waals surface area contributed by atoms with Crippen LogP contribution in [0.5, 0.6) is 0 Å². The number of nitro groups is 1. The first-order valence-corrected chi connectivity index (χ1v) is 7.42. The van der Waals surface area contributed by atoms with E-state index in [4.69, 9.17) is 25.9 Å². The predicted octanol–water partition coefficient (Wildman–Crippen LogP) is 2.61. The number of halogens is 1. The number of non-ortho nitro benzene ring substituents is 1. The molecular weight excluding hydrogens is 324 g/mol. The maximum atomic E-state index is 10.7. The molecule has 1 aromatic carbocycles. The second-order valence-corrected chi connectivity index (χ2v) is 5.11. The van der Waals surface area contributed by atoms with Crippen molar-refractivity contribution in [2.24, 2.45) is 0 Å². The molecule has 0 amide bonds. The Labute approximate surface area is 138 Å². The Balaban J connectivity index is 1.93. The summed E-state index contributed by atoms with van der Waals surface area (Å²) < 4.78 is 10.8. The average Bonchev–Trinajstić information content (AvgIpc) is 2.99. The lowest BCUT2D eigenvalue weighted by molar-refractivity contribution is -0.384. The number of rotatable bonds is 9. The van der Waals surface area contributed by atoms with Gasteiger partial charge in [0.05, 0.1) is 36.3 Å². The molecule has 7 nitrogen and oxygen atoms in total. The first-order chi connectivity index (χ1) is 11.1. The summed E-state index contributed by atoms with van der Waals surface area (Å²) in [5.41, 5.74) is 0.546. The Hall–Kier alpha value is -1.93. The molecule has 0 aliphatic heterocycles. The lowest BCUT2D eigenvalue weighted by Gasteiger charge is -2.04. The second-order valence-electron chi connectivity index (χ2n) is 4.70. The van der Waals surface area contributed by atoms with Crippen LogP contribution in [-0.2, 0) is 11.3 Å². The number of furan rings is 1. The van der Waals surface area contributed by atoms with E-state index in [2.05, 4.69) is 5.32 Å². The van der Waals surface area contributed by atoms with Crippen molar-refractivity contribution in [2.75, 3.05) is 26.4 Å². The summed E-state index contributed by atoms with van der Waals surface area (Å²) in [4.78, 5) is 10.2. The minimum absolute atomic E-state index is 0.0114. The summed E-state index contributed by atoms with van der Waals surface area (Å²) in [5.74, 6) is 1.27. The van der Waals surface area contributed by atoms with E-state index in [1.165, 1.54) is 12.1 Å². The molecule has 0 radical (unpaired) electrons. The smallest absolute Gasteiger partial charge is 0.270 e. The molecule has 0 spiro atoms. The quantitative estimate of drug-likeness (QED) is 0.413. The number of hydrogen-bond acceptors (Lipinski definition) is 6. The molecule has 0 aliphatic rings. The van der Waals surface area contributed by atoms with Crippen LogP contribution in [0.25, 0.3) is 11.3 Å². The van der Waals surface area contributed by atoms with E-state index in [1.807, 2.05) is 6.07 Å². The largest absolute Gasteiger partial charge is 0.460 e. The molecule has 23 heavy (non-hydrogen) atoms. The van der Waals surface area contributed by atoms with Crippen LogP contribution in [0, 0.1) is 10.1 Å². The van der Waals surface area contributed by atoms with Gasteiger partial charge in [-0.3, -0.25) is 10.1 Å². The first kappa shape index (κ1) is 17.4. The van der Waals surface area contributed by atoms with Crippen molar-refractivity contribution in [1.82, 2.24) is 5.32 Å². The molecule has 124 valence electrons. The third kappa shape index (κ3) is 5.04. The highest BCUT2D eigenvalue weighted by Crippen LogP contribution is 2.32. The van der Waals surface area contributed by atoms with E-state index < -0.39 is 4.92 Å². The van der Waals surface area contributed by atoms with Gasteiger partial charge >= 0.3 is 0 Å². The van der Waals surface area contributed by atoms with Gasteiger partial charge in [-0.1, -0.05) is 11.6 Å². The van der Waals surface area contributed by atoms with Crippen LogP contribution in [0.4, 0.5) is 5.69 Å². The molecule has 0 unspecified atom stereocenters. The zero-order chi connectivity index (χ0) is 16.7. The number of ether oxygens (including phenoxy) is 1. The fourth-order valence-corrected chi connectivity index (χ4v) is 2.23. The highest BCUT2D eigenvalue weighted by atomic mass is 35.5.